The molecule has 2 aromatic rings. The van der Waals surface area contributed by atoms with E-state index in [9.17, 15) is 4.79 Å². The van der Waals surface area contributed by atoms with Crippen LogP contribution >= 0.6 is 0 Å². The van der Waals surface area contributed by atoms with Gasteiger partial charge < -0.3 is 31.7 Å². The molecule has 0 radical (unpaired) electrons. The van der Waals surface area contributed by atoms with Crippen molar-refractivity contribution in [3.05, 3.63) is 41.3 Å². The third kappa shape index (κ3) is 5.01. The molecule has 0 aliphatic carbocycles. The predicted octanol–water partition coefficient (Wildman–Crippen LogP) is 0.545. The van der Waals surface area contributed by atoms with Crippen molar-refractivity contribution in [1.29, 1.82) is 0 Å². The van der Waals surface area contributed by atoms with Crippen LogP contribution in [0.3, 0.4) is 0 Å². The van der Waals surface area contributed by atoms with Gasteiger partial charge in [0.05, 0.1) is 19.4 Å². The van der Waals surface area contributed by atoms with Crippen molar-refractivity contribution in [3.8, 4) is 0 Å². The number of nitrogens with zero attached hydrogens (tertiary/aromatic N) is 4. The van der Waals surface area contributed by atoms with Crippen molar-refractivity contribution in [1.82, 2.24) is 9.38 Å². The van der Waals surface area contributed by atoms with Gasteiger partial charge >= 0.3 is 5.97 Å². The molecule has 0 aromatic carbocycles. The summed E-state index contributed by atoms with van der Waals surface area (Å²) in [5.74, 6) is 4.66. The molecule has 0 fully saturated rings. The first kappa shape index (κ1) is 19.1. The van der Waals surface area contributed by atoms with E-state index in [1.165, 1.54) is 6.20 Å². The first-order valence-electron chi connectivity index (χ1n) is 6.58. The van der Waals surface area contributed by atoms with Crippen molar-refractivity contribution in [3.63, 3.8) is 0 Å². The summed E-state index contributed by atoms with van der Waals surface area (Å²) in [4.78, 5) is 15.9. The average molecular weight is 412 g/mol. The fraction of sp³-hybridized carbons (Fsp3) is 0.308. The maximum Gasteiger partial charge on any atom is 0.356 e. The van der Waals surface area contributed by atoms with Crippen molar-refractivity contribution in [2.75, 3.05) is 13.2 Å². The molecular formula is C13H17N6O3Pd-. The molecule has 10 heteroatoms. The van der Waals surface area contributed by atoms with E-state index in [1.807, 2.05) is 12.1 Å². The molecule has 0 atom stereocenters. The first-order valence-corrected chi connectivity index (χ1v) is 6.58. The van der Waals surface area contributed by atoms with Gasteiger partial charge in [-0.1, -0.05) is 0 Å². The van der Waals surface area contributed by atoms with Crippen molar-refractivity contribution < 1.29 is 34.7 Å². The second-order valence-electron chi connectivity index (χ2n) is 4.33. The van der Waals surface area contributed by atoms with Crippen LogP contribution < -0.4 is 11.6 Å². The zero-order valence-electron chi connectivity index (χ0n) is 12.4. The molecule has 0 aliphatic heterocycles. The fourth-order valence-electron chi connectivity index (χ4n) is 1.85. The Morgan fingerprint density at radius 1 is 1.52 bits per heavy atom. The summed E-state index contributed by atoms with van der Waals surface area (Å²) in [6.07, 6.45) is 3.21. The van der Waals surface area contributed by atoms with E-state index < -0.39 is 5.97 Å². The van der Waals surface area contributed by atoms with Gasteiger partial charge in [-0.3, -0.25) is 4.40 Å². The normalized spacial score (nSPS) is 11.1. The molecule has 128 valence electrons. The number of carbonyl (C=O) groups excluding carboxylic acids is 1. The Kier molecular flexibility index (Phi) is 7.64. The van der Waals surface area contributed by atoms with E-state index in [2.05, 4.69) is 15.6 Å². The molecule has 0 spiro atoms. The zero-order chi connectivity index (χ0) is 15.9. The van der Waals surface area contributed by atoms with Crippen LogP contribution in [0.15, 0.2) is 29.6 Å². The van der Waals surface area contributed by atoms with Crippen molar-refractivity contribution >= 4 is 17.5 Å². The number of aromatic nitrogens is 2. The Morgan fingerprint density at radius 2 is 2.30 bits per heavy atom. The largest absolute Gasteiger partial charge is 0.542 e. The average Bonchev–Trinajstić information content (AvgIpc) is 2.91. The molecule has 0 amide bonds. The number of amidine groups is 1. The Labute approximate surface area is 146 Å². The minimum absolute atomic E-state index is 0. The molecular weight excluding hydrogens is 395 g/mol. The van der Waals surface area contributed by atoms with Gasteiger partial charge in [0.15, 0.2) is 5.69 Å². The van der Waals surface area contributed by atoms with E-state index in [0.29, 0.717) is 24.6 Å². The Hall–Kier alpha value is -1.99. The maximum absolute atomic E-state index is 11.8. The second-order valence-corrected chi connectivity index (χ2v) is 4.33. The standard InChI is InChI=1S/C13H17N6O3.Pd/c1-2-22-13(20)10-6-16-12-5-9(3-4-19(10)12)7-21-8-11(14)17-18-15;/h3-6H,2,7-8,15H2,1H3,(H2,14,17);/q-1;. The second kappa shape index (κ2) is 9.22. The number of pyridine rings is 1. The minimum atomic E-state index is -0.409. The van der Waals surface area contributed by atoms with E-state index in [1.54, 1.807) is 17.5 Å². The van der Waals surface area contributed by atoms with Gasteiger partial charge in [0.25, 0.3) is 0 Å². The van der Waals surface area contributed by atoms with Gasteiger partial charge in [0.1, 0.15) is 18.1 Å². The van der Waals surface area contributed by atoms with Crippen LogP contribution in [0.2, 0.25) is 0 Å². The molecule has 0 unspecified atom stereocenters. The smallest absolute Gasteiger partial charge is 0.356 e. The molecule has 4 N–H and O–H groups in total. The van der Waals surface area contributed by atoms with Crippen LogP contribution in [0.1, 0.15) is 23.0 Å². The molecule has 9 nitrogen and oxygen atoms in total. The number of imidazole rings is 1. The summed E-state index contributed by atoms with van der Waals surface area (Å²) in [5, 5.41) is 3.45. The van der Waals surface area contributed by atoms with Crippen LogP contribution in [-0.2, 0) is 36.5 Å². The monoisotopic (exact) mass is 411 g/mol. The quantitative estimate of drug-likeness (QED) is 0.171. The van der Waals surface area contributed by atoms with Crippen molar-refractivity contribution in [2.45, 2.75) is 13.5 Å². The van der Waals surface area contributed by atoms with E-state index in [0.717, 1.165) is 5.56 Å². The summed E-state index contributed by atoms with van der Waals surface area (Å²) in [6, 6.07) is 3.63. The van der Waals surface area contributed by atoms with Gasteiger partial charge in [-0.05, 0) is 24.6 Å². The van der Waals surface area contributed by atoms with E-state index >= 15 is 0 Å². The first-order chi connectivity index (χ1) is 10.7. The van der Waals surface area contributed by atoms with Crippen LogP contribution in [0, 0.1) is 0 Å². The van der Waals surface area contributed by atoms with Gasteiger partial charge in [-0.15, -0.1) is 0 Å². The SMILES string of the molecule is CCOC(=O)c1cnc2cc(COC/C(N)=N/[N-]N)ccn12.[Pd]. The van der Waals surface area contributed by atoms with Crippen LogP contribution in [0.5, 0.6) is 0 Å². The third-order valence-electron chi connectivity index (χ3n) is 2.77. The molecule has 2 aromatic heterocycles. The topological polar surface area (TPSA) is 131 Å². The number of esters is 1. The molecule has 2 heterocycles. The number of hydrogen-bond donors (Lipinski definition) is 2. The summed E-state index contributed by atoms with van der Waals surface area (Å²) in [5.41, 5.74) is 10.4. The third-order valence-corrected chi connectivity index (χ3v) is 2.77. The number of ether oxygens (including phenoxy) is 2. The van der Waals surface area contributed by atoms with E-state index in [-0.39, 0.29) is 32.9 Å². The number of rotatable bonds is 7. The maximum atomic E-state index is 11.8. The number of hydrogen-bond acceptors (Lipinski definition) is 6. The van der Waals surface area contributed by atoms with Gasteiger partial charge in [-0.2, -0.15) is 0 Å². The van der Waals surface area contributed by atoms with Crippen LogP contribution in [0.25, 0.3) is 11.2 Å². The number of nitrogens with two attached hydrogens (primary N) is 2. The van der Waals surface area contributed by atoms with Crippen LogP contribution in [-0.4, -0.2) is 34.4 Å². The van der Waals surface area contributed by atoms with Crippen molar-refractivity contribution in [2.24, 2.45) is 16.7 Å². The molecule has 0 bridgehead atoms. The predicted molar refractivity (Wildman–Crippen MR) is 80.0 cm³/mol. The zero-order valence-corrected chi connectivity index (χ0v) is 14.0. The molecule has 2 rings (SSSR count). The van der Waals surface area contributed by atoms with E-state index in [4.69, 9.17) is 21.1 Å². The summed E-state index contributed by atoms with van der Waals surface area (Å²) >= 11 is 0. The molecule has 0 saturated heterocycles. The Bertz CT molecular complexity index is 687. The number of carbonyl (C=O) groups is 1. The van der Waals surface area contributed by atoms with Crippen LogP contribution in [0.4, 0.5) is 0 Å². The van der Waals surface area contributed by atoms with Gasteiger partial charge in [-0.25, -0.2) is 9.78 Å². The van der Waals surface area contributed by atoms with Gasteiger partial charge in [0.2, 0.25) is 0 Å². The molecule has 0 aliphatic rings. The Morgan fingerprint density at radius 3 is 3.00 bits per heavy atom. The number of fused-ring (bicyclic) bond motifs is 1. The molecule has 0 saturated carbocycles. The summed E-state index contributed by atoms with van der Waals surface area (Å²) in [7, 11) is 0. The Balaban J connectivity index is 0.00000264. The molecule has 23 heavy (non-hydrogen) atoms. The van der Waals surface area contributed by atoms with Gasteiger partial charge in [0, 0.05) is 26.6 Å². The minimum Gasteiger partial charge on any atom is -0.542 e. The fourth-order valence-corrected chi connectivity index (χ4v) is 1.85. The summed E-state index contributed by atoms with van der Waals surface area (Å²) < 4.78 is 12.0. The summed E-state index contributed by atoms with van der Waals surface area (Å²) in [6.45, 7) is 2.51.